The van der Waals surface area contributed by atoms with Crippen molar-refractivity contribution in [2.24, 2.45) is 0 Å². The molecular weight excluding hydrogens is 384 g/mol. The molecule has 0 aliphatic rings. The number of rotatable bonds is 8. The monoisotopic (exact) mass is 406 g/mol. The molecular formula is C19H22N2O6S. The Balaban J connectivity index is 2.17. The summed E-state index contributed by atoms with van der Waals surface area (Å²) in [6.45, 7) is 2.06. The van der Waals surface area contributed by atoms with Crippen molar-refractivity contribution in [1.29, 1.82) is 0 Å². The lowest BCUT2D eigenvalue weighted by atomic mass is 10.1. The molecule has 0 saturated carbocycles. The van der Waals surface area contributed by atoms with Gasteiger partial charge in [0, 0.05) is 11.3 Å². The molecule has 0 saturated heterocycles. The van der Waals surface area contributed by atoms with Crippen LogP contribution < -0.4 is 14.8 Å². The molecule has 2 N–H and O–H groups in total. The van der Waals surface area contributed by atoms with Gasteiger partial charge in [0.15, 0.2) is 0 Å². The van der Waals surface area contributed by atoms with Crippen LogP contribution in [-0.4, -0.2) is 41.1 Å². The molecule has 2 rings (SSSR count). The lowest BCUT2D eigenvalue weighted by molar-refractivity contribution is -0.142. The highest BCUT2D eigenvalue weighted by molar-refractivity contribution is 7.89. The first-order valence-corrected chi connectivity index (χ1v) is 9.96. The van der Waals surface area contributed by atoms with Gasteiger partial charge in [-0.25, -0.2) is 13.1 Å². The van der Waals surface area contributed by atoms with Gasteiger partial charge in [0.05, 0.1) is 20.1 Å². The molecule has 2 aromatic carbocycles. The molecule has 0 atom stereocenters. The van der Waals surface area contributed by atoms with Crippen LogP contribution in [0.15, 0.2) is 47.4 Å². The zero-order valence-corrected chi connectivity index (χ0v) is 16.6. The van der Waals surface area contributed by atoms with Gasteiger partial charge in [0.2, 0.25) is 10.0 Å². The molecule has 0 aromatic heterocycles. The molecule has 0 aliphatic carbocycles. The van der Waals surface area contributed by atoms with Crippen molar-refractivity contribution in [2.45, 2.75) is 18.2 Å². The number of methoxy groups -OCH3 is 1. The van der Waals surface area contributed by atoms with Crippen LogP contribution in [0, 0.1) is 0 Å². The SMILES string of the molecule is CCOC(=O)Cc1ccc(NC(=O)c2ccc(OC)c(S(=O)(=O)NC)c2)cc1. The van der Waals surface area contributed by atoms with Gasteiger partial charge < -0.3 is 14.8 Å². The molecule has 0 radical (unpaired) electrons. The standard InChI is InChI=1S/C19H22N2O6S/c1-4-27-18(22)11-13-5-8-15(9-6-13)21-19(23)14-7-10-16(26-3)17(12-14)28(24,25)20-2/h5-10,12,20H,4,11H2,1-3H3,(H,21,23). The highest BCUT2D eigenvalue weighted by atomic mass is 32.2. The Morgan fingerprint density at radius 3 is 2.32 bits per heavy atom. The van der Waals surface area contributed by atoms with Crippen LogP contribution >= 0.6 is 0 Å². The third-order valence-corrected chi connectivity index (χ3v) is 5.29. The highest BCUT2D eigenvalue weighted by Crippen LogP contribution is 2.25. The van der Waals surface area contributed by atoms with E-state index in [0.29, 0.717) is 12.3 Å². The summed E-state index contributed by atoms with van der Waals surface area (Å²) in [5, 5.41) is 2.69. The van der Waals surface area contributed by atoms with Gasteiger partial charge in [-0.15, -0.1) is 0 Å². The van der Waals surface area contributed by atoms with E-state index in [1.165, 1.54) is 32.4 Å². The summed E-state index contributed by atoms with van der Waals surface area (Å²) in [5.41, 5.74) is 1.42. The average molecular weight is 406 g/mol. The fraction of sp³-hybridized carbons (Fsp3) is 0.263. The van der Waals surface area contributed by atoms with E-state index in [-0.39, 0.29) is 28.6 Å². The van der Waals surface area contributed by atoms with E-state index in [2.05, 4.69) is 10.0 Å². The lowest BCUT2D eigenvalue weighted by Crippen LogP contribution is -2.20. The first-order valence-electron chi connectivity index (χ1n) is 8.48. The van der Waals surface area contributed by atoms with E-state index in [0.717, 1.165) is 5.56 Å². The molecule has 0 heterocycles. The predicted molar refractivity (Wildman–Crippen MR) is 104 cm³/mol. The van der Waals surface area contributed by atoms with E-state index < -0.39 is 15.9 Å². The van der Waals surface area contributed by atoms with Gasteiger partial charge in [-0.2, -0.15) is 0 Å². The van der Waals surface area contributed by atoms with Gasteiger partial charge in [-0.1, -0.05) is 12.1 Å². The third kappa shape index (κ3) is 5.30. The fourth-order valence-electron chi connectivity index (χ4n) is 2.43. The summed E-state index contributed by atoms with van der Waals surface area (Å²) in [4.78, 5) is 23.9. The summed E-state index contributed by atoms with van der Waals surface area (Å²) in [7, 11) is -1.16. The number of esters is 1. The molecule has 1 amide bonds. The molecule has 0 fully saturated rings. The number of nitrogens with one attached hydrogen (secondary N) is 2. The number of anilines is 1. The molecule has 28 heavy (non-hydrogen) atoms. The average Bonchev–Trinajstić information content (AvgIpc) is 2.69. The maximum absolute atomic E-state index is 12.5. The molecule has 150 valence electrons. The van der Waals surface area contributed by atoms with E-state index in [9.17, 15) is 18.0 Å². The first-order chi connectivity index (χ1) is 13.3. The second-order valence-corrected chi connectivity index (χ2v) is 7.56. The van der Waals surface area contributed by atoms with Crippen molar-refractivity contribution in [3.05, 3.63) is 53.6 Å². The van der Waals surface area contributed by atoms with Crippen LogP contribution in [0.3, 0.4) is 0 Å². The van der Waals surface area contributed by atoms with Crippen molar-refractivity contribution in [2.75, 3.05) is 26.1 Å². The second-order valence-electron chi connectivity index (χ2n) is 5.71. The van der Waals surface area contributed by atoms with Gasteiger partial charge in [0.1, 0.15) is 10.6 Å². The van der Waals surface area contributed by atoms with Gasteiger partial charge in [-0.05, 0) is 49.9 Å². The summed E-state index contributed by atoms with van der Waals surface area (Å²) >= 11 is 0. The Hall–Kier alpha value is -2.91. The van der Waals surface area contributed by atoms with Crippen LogP contribution in [0.25, 0.3) is 0 Å². The molecule has 8 nitrogen and oxygen atoms in total. The summed E-state index contributed by atoms with van der Waals surface area (Å²) < 4.78 is 36.4. The maximum atomic E-state index is 12.5. The molecule has 0 unspecified atom stereocenters. The van der Waals surface area contributed by atoms with Crippen LogP contribution in [0.5, 0.6) is 5.75 Å². The quantitative estimate of drug-likeness (QED) is 0.649. The maximum Gasteiger partial charge on any atom is 0.310 e. The van der Waals surface area contributed by atoms with Gasteiger partial charge >= 0.3 is 5.97 Å². The normalized spacial score (nSPS) is 11.0. The zero-order valence-electron chi connectivity index (χ0n) is 15.8. The molecule has 0 aliphatic heterocycles. The minimum atomic E-state index is -3.79. The van der Waals surface area contributed by atoms with Crippen molar-refractivity contribution in [1.82, 2.24) is 4.72 Å². The Morgan fingerprint density at radius 1 is 1.07 bits per heavy atom. The van der Waals surface area contributed by atoms with Gasteiger partial charge in [-0.3, -0.25) is 9.59 Å². The first kappa shape index (κ1) is 21.4. The van der Waals surface area contributed by atoms with Crippen molar-refractivity contribution in [3.63, 3.8) is 0 Å². The van der Waals surface area contributed by atoms with Crippen molar-refractivity contribution >= 4 is 27.6 Å². The Kier molecular flexibility index (Phi) is 7.13. The van der Waals surface area contributed by atoms with Crippen LogP contribution in [-0.2, 0) is 26.0 Å². The molecule has 2 aromatic rings. The third-order valence-electron chi connectivity index (χ3n) is 3.85. The minimum Gasteiger partial charge on any atom is -0.495 e. The predicted octanol–water partition coefficient (Wildman–Crippen LogP) is 1.96. The van der Waals surface area contributed by atoms with E-state index >= 15 is 0 Å². The van der Waals surface area contributed by atoms with Crippen LogP contribution in [0.2, 0.25) is 0 Å². The fourth-order valence-corrected chi connectivity index (χ4v) is 3.34. The van der Waals surface area contributed by atoms with E-state index in [1.54, 1.807) is 31.2 Å². The summed E-state index contributed by atoms with van der Waals surface area (Å²) in [6, 6.07) is 10.9. The number of carbonyl (C=O) groups is 2. The summed E-state index contributed by atoms with van der Waals surface area (Å²) in [6.07, 6.45) is 0.145. The number of carbonyl (C=O) groups excluding carboxylic acids is 2. The van der Waals surface area contributed by atoms with Crippen molar-refractivity contribution in [3.8, 4) is 5.75 Å². The van der Waals surface area contributed by atoms with E-state index in [4.69, 9.17) is 9.47 Å². The molecule has 0 bridgehead atoms. The lowest BCUT2D eigenvalue weighted by Gasteiger charge is -2.11. The Morgan fingerprint density at radius 2 is 1.75 bits per heavy atom. The summed E-state index contributed by atoms with van der Waals surface area (Å²) in [5.74, 6) is -0.668. The molecule has 0 spiro atoms. The smallest absolute Gasteiger partial charge is 0.310 e. The Labute approximate surface area is 163 Å². The second kappa shape index (κ2) is 9.34. The van der Waals surface area contributed by atoms with Crippen molar-refractivity contribution < 1.29 is 27.5 Å². The largest absolute Gasteiger partial charge is 0.495 e. The highest BCUT2D eigenvalue weighted by Gasteiger charge is 2.20. The number of benzene rings is 2. The number of amides is 1. The van der Waals surface area contributed by atoms with Crippen LogP contribution in [0.1, 0.15) is 22.8 Å². The Bertz CT molecular complexity index is 955. The number of hydrogen-bond acceptors (Lipinski definition) is 6. The number of ether oxygens (including phenoxy) is 2. The topological polar surface area (TPSA) is 111 Å². The molecule has 9 heteroatoms. The number of sulfonamides is 1. The van der Waals surface area contributed by atoms with Gasteiger partial charge in [0.25, 0.3) is 5.91 Å². The van der Waals surface area contributed by atoms with E-state index in [1.807, 2.05) is 0 Å². The number of hydrogen-bond donors (Lipinski definition) is 2. The van der Waals surface area contributed by atoms with Crippen LogP contribution in [0.4, 0.5) is 5.69 Å². The zero-order chi connectivity index (χ0) is 20.7. The minimum absolute atomic E-state index is 0.130.